The Bertz CT molecular complexity index is 1510. The molecule has 2 aliphatic rings. The summed E-state index contributed by atoms with van der Waals surface area (Å²) < 4.78 is 16.7. The molecule has 47 heavy (non-hydrogen) atoms. The predicted molar refractivity (Wildman–Crippen MR) is 178 cm³/mol. The Morgan fingerprint density at radius 1 is 1.13 bits per heavy atom. The van der Waals surface area contributed by atoms with Crippen LogP contribution in [0.3, 0.4) is 0 Å². The van der Waals surface area contributed by atoms with E-state index in [0.717, 1.165) is 11.6 Å². The van der Waals surface area contributed by atoms with Crippen molar-refractivity contribution < 1.29 is 38.5 Å². The molecule has 6 atom stereocenters. The molecule has 0 fully saturated rings. The number of allylic oxidation sites excluding steroid dienone is 4. The summed E-state index contributed by atoms with van der Waals surface area (Å²) in [6, 6.07) is 7.16. The summed E-state index contributed by atoms with van der Waals surface area (Å²) in [5.74, 6) is -2.27. The average Bonchev–Trinajstić information content (AvgIpc) is 3.02. The van der Waals surface area contributed by atoms with E-state index in [1.807, 2.05) is 19.1 Å². The number of halogens is 1. The van der Waals surface area contributed by atoms with Crippen LogP contribution in [0.2, 0.25) is 5.02 Å². The normalized spacial score (nSPS) is 29.5. The predicted octanol–water partition coefficient (Wildman–Crippen LogP) is 4.21. The Labute approximate surface area is 280 Å². The number of carbonyl (C=O) groups is 4. The second kappa shape index (κ2) is 17.2. The first kappa shape index (κ1) is 37.4. The number of methoxy groups -OCH3 is 2. The molecule has 0 aromatic heterocycles. The van der Waals surface area contributed by atoms with Crippen LogP contribution in [0, 0.1) is 11.8 Å². The molecule has 0 radical (unpaired) electrons. The van der Waals surface area contributed by atoms with E-state index >= 15 is 0 Å². The van der Waals surface area contributed by atoms with Gasteiger partial charge in [-0.15, -0.1) is 0 Å². The summed E-state index contributed by atoms with van der Waals surface area (Å²) in [6.07, 6.45) is 3.62. The molecule has 2 amide bonds. The van der Waals surface area contributed by atoms with Gasteiger partial charge in [-0.3, -0.25) is 14.4 Å². The number of aliphatic hydroxyl groups excluding tert-OH is 1. The van der Waals surface area contributed by atoms with Gasteiger partial charge in [0.1, 0.15) is 6.10 Å². The fourth-order valence-electron chi connectivity index (χ4n) is 5.60. The molecule has 12 heteroatoms. The highest BCUT2D eigenvalue weighted by Crippen LogP contribution is 2.29. The number of nitrogens with two attached hydrogens (primary N) is 1. The topological polar surface area (TPSA) is 166 Å². The highest BCUT2D eigenvalue weighted by Gasteiger charge is 2.33. The lowest BCUT2D eigenvalue weighted by atomic mass is 9.85. The lowest BCUT2D eigenvalue weighted by molar-refractivity contribution is -0.120. The van der Waals surface area contributed by atoms with Gasteiger partial charge in [0.05, 0.1) is 23.6 Å². The van der Waals surface area contributed by atoms with Gasteiger partial charge >= 0.3 is 6.09 Å². The average molecular weight is 670 g/mol. The van der Waals surface area contributed by atoms with E-state index in [9.17, 15) is 24.3 Å². The first-order valence-electron chi connectivity index (χ1n) is 15.3. The van der Waals surface area contributed by atoms with E-state index < -0.39 is 53.9 Å². The zero-order valence-electron chi connectivity index (χ0n) is 27.5. The van der Waals surface area contributed by atoms with E-state index in [2.05, 4.69) is 10.6 Å². The fourth-order valence-corrected chi connectivity index (χ4v) is 5.81. The van der Waals surface area contributed by atoms with Crippen molar-refractivity contribution in [2.75, 3.05) is 14.2 Å². The number of fused-ring (bicyclic) bond motifs is 2. The Balaban J connectivity index is 2.07. The SMILES string of the molecule is CO[C@H]1/C=C\C=C(/C)C(=O)NC2=CC(=O)C(NCc3ccccc3Cl)=C(C[C@@H](C)C[C@H](OC)[C@H](O)[C@@H](C)/C=C(\C)[C@@H]1OC(N)=O)C2=O. The number of amides is 2. The molecule has 1 aromatic rings. The molecule has 5 N–H and O–H groups in total. The molecule has 2 bridgehead atoms. The highest BCUT2D eigenvalue weighted by molar-refractivity contribution is 6.31. The molecule has 0 saturated carbocycles. The zero-order chi connectivity index (χ0) is 34.8. The first-order valence-corrected chi connectivity index (χ1v) is 15.7. The Kier molecular flexibility index (Phi) is 13.7. The minimum atomic E-state index is -1.01. The Morgan fingerprint density at radius 2 is 1.83 bits per heavy atom. The van der Waals surface area contributed by atoms with Gasteiger partial charge in [-0.25, -0.2) is 4.79 Å². The van der Waals surface area contributed by atoms with Crippen molar-refractivity contribution in [2.24, 2.45) is 17.6 Å². The number of Topliss-reactive ketones (excluding diaryl/α,β-unsaturated/α-hetero) is 1. The number of carbonyl (C=O) groups excluding carboxylic acids is 4. The second-order valence-electron chi connectivity index (χ2n) is 11.9. The number of benzene rings is 1. The molecule has 1 aliphatic carbocycles. The van der Waals surface area contributed by atoms with Crippen LogP contribution in [-0.4, -0.2) is 67.3 Å². The Morgan fingerprint density at radius 3 is 2.47 bits per heavy atom. The standard InChI is InChI=1S/C35H44ClN3O8/c1-19-14-24-30(38-18-23-11-7-8-12-25(23)36)27(40)17-26(32(24)42)39-34(43)20(2)10-9-13-28(45-5)33(47-35(37)44)22(4)16-21(3)31(41)29(15-19)46-6/h7-13,16-17,19,21,28-29,31,33,38,41H,14-15,18H2,1-6H3,(H2,37,44)(H,39,43)/b13-9-,20-10+,22-16+/t19-,21+,28+,29+,31-,33+/m1/s1. The van der Waals surface area contributed by atoms with Gasteiger partial charge in [-0.2, -0.15) is 0 Å². The lowest BCUT2D eigenvalue weighted by Gasteiger charge is -2.30. The summed E-state index contributed by atoms with van der Waals surface area (Å²) in [5, 5.41) is 17.5. The van der Waals surface area contributed by atoms with E-state index in [4.69, 9.17) is 31.5 Å². The molecule has 254 valence electrons. The van der Waals surface area contributed by atoms with Crippen molar-refractivity contribution in [3.8, 4) is 0 Å². The van der Waals surface area contributed by atoms with Crippen LogP contribution >= 0.6 is 11.6 Å². The van der Waals surface area contributed by atoms with Gasteiger partial charge in [0, 0.05) is 48.9 Å². The molecular formula is C35H44ClN3O8. The van der Waals surface area contributed by atoms with E-state index in [1.165, 1.54) is 20.3 Å². The van der Waals surface area contributed by atoms with Gasteiger partial charge in [-0.1, -0.05) is 68.0 Å². The van der Waals surface area contributed by atoms with Crippen LogP contribution in [0.1, 0.15) is 46.1 Å². The van der Waals surface area contributed by atoms with Crippen molar-refractivity contribution >= 4 is 35.2 Å². The number of rotatable bonds is 6. The number of nitrogens with one attached hydrogen (secondary N) is 2. The number of ether oxygens (including phenoxy) is 3. The van der Waals surface area contributed by atoms with Gasteiger partial charge in [0.25, 0.3) is 5.91 Å². The number of hydrogen-bond acceptors (Lipinski definition) is 9. The maximum Gasteiger partial charge on any atom is 0.405 e. The fraction of sp³-hybridized carbons (Fsp3) is 0.429. The van der Waals surface area contributed by atoms with Gasteiger partial charge in [-0.05, 0) is 49.8 Å². The minimum Gasteiger partial charge on any atom is -0.439 e. The minimum absolute atomic E-state index is 0.119. The van der Waals surface area contributed by atoms with Crippen LogP contribution in [0.5, 0.6) is 0 Å². The molecule has 1 aromatic carbocycles. The molecule has 0 saturated heterocycles. The molecule has 0 spiro atoms. The van der Waals surface area contributed by atoms with E-state index in [-0.39, 0.29) is 41.4 Å². The summed E-state index contributed by atoms with van der Waals surface area (Å²) in [4.78, 5) is 52.2. The number of ketones is 2. The maximum atomic E-state index is 13.9. The molecule has 1 heterocycles. The van der Waals surface area contributed by atoms with Crippen molar-refractivity contribution in [2.45, 2.75) is 71.5 Å². The first-order chi connectivity index (χ1) is 22.3. The van der Waals surface area contributed by atoms with Crippen molar-refractivity contribution in [1.82, 2.24) is 10.6 Å². The largest absolute Gasteiger partial charge is 0.439 e. The molecule has 3 rings (SSSR count). The second-order valence-corrected chi connectivity index (χ2v) is 12.3. The summed E-state index contributed by atoms with van der Waals surface area (Å²) in [7, 11) is 2.92. The van der Waals surface area contributed by atoms with Crippen LogP contribution < -0.4 is 16.4 Å². The van der Waals surface area contributed by atoms with Crippen LogP contribution in [0.4, 0.5) is 4.79 Å². The van der Waals surface area contributed by atoms with Crippen LogP contribution in [0.15, 0.2) is 82.8 Å². The van der Waals surface area contributed by atoms with Crippen LogP contribution in [0.25, 0.3) is 0 Å². The smallest absolute Gasteiger partial charge is 0.405 e. The molecule has 11 nitrogen and oxygen atoms in total. The highest BCUT2D eigenvalue weighted by atomic mass is 35.5. The monoisotopic (exact) mass is 669 g/mol. The molecule has 0 unspecified atom stereocenters. The number of hydrogen-bond donors (Lipinski definition) is 4. The summed E-state index contributed by atoms with van der Waals surface area (Å²) in [5.41, 5.74) is 7.09. The van der Waals surface area contributed by atoms with Gasteiger partial charge < -0.3 is 35.7 Å². The Hall–Kier alpha value is -4.03. The third kappa shape index (κ3) is 9.98. The van der Waals surface area contributed by atoms with Crippen molar-refractivity contribution in [1.29, 1.82) is 0 Å². The maximum absolute atomic E-state index is 13.9. The molecule has 1 aliphatic heterocycles. The number of aliphatic hydroxyl groups is 1. The van der Waals surface area contributed by atoms with E-state index in [0.29, 0.717) is 17.0 Å². The van der Waals surface area contributed by atoms with Crippen molar-refractivity contribution in [3.05, 3.63) is 93.3 Å². The van der Waals surface area contributed by atoms with Gasteiger partial charge in [0.2, 0.25) is 11.6 Å². The summed E-state index contributed by atoms with van der Waals surface area (Å²) >= 11 is 6.33. The quantitative estimate of drug-likeness (QED) is 0.256. The summed E-state index contributed by atoms with van der Waals surface area (Å²) in [6.45, 7) is 7.17. The zero-order valence-corrected chi connectivity index (χ0v) is 28.3. The van der Waals surface area contributed by atoms with E-state index in [1.54, 1.807) is 51.1 Å². The third-order valence-corrected chi connectivity index (χ3v) is 8.58. The third-order valence-electron chi connectivity index (χ3n) is 8.21. The lowest BCUT2D eigenvalue weighted by Crippen LogP contribution is -2.37. The number of primary amides is 1. The molecular weight excluding hydrogens is 626 g/mol. The van der Waals surface area contributed by atoms with Gasteiger partial charge in [0.15, 0.2) is 6.10 Å². The van der Waals surface area contributed by atoms with Crippen LogP contribution in [-0.2, 0) is 35.1 Å². The van der Waals surface area contributed by atoms with Crippen molar-refractivity contribution in [3.63, 3.8) is 0 Å².